The summed E-state index contributed by atoms with van der Waals surface area (Å²) in [5.74, 6) is 1.59. The Bertz CT molecular complexity index is 525. The summed E-state index contributed by atoms with van der Waals surface area (Å²) >= 11 is 0. The summed E-state index contributed by atoms with van der Waals surface area (Å²) in [6.07, 6.45) is 0.683. The predicted octanol–water partition coefficient (Wildman–Crippen LogP) is 1.11. The molecule has 0 spiro atoms. The smallest absolute Gasteiger partial charge is 0.176 e. The molecule has 0 saturated heterocycles. The molecule has 0 fully saturated rings. The number of rotatable bonds is 6. The van der Waals surface area contributed by atoms with Gasteiger partial charge in [-0.05, 0) is 17.8 Å². The zero-order valence-electron chi connectivity index (χ0n) is 11.5. The number of hydrogen-bond acceptors (Lipinski definition) is 5. The Morgan fingerprint density at radius 3 is 2.79 bits per heavy atom. The van der Waals surface area contributed by atoms with Crippen molar-refractivity contribution in [1.82, 2.24) is 25.5 Å². The molecule has 6 heteroatoms. The fourth-order valence-electron chi connectivity index (χ4n) is 2.08. The average molecular weight is 261 g/mol. The van der Waals surface area contributed by atoms with Gasteiger partial charge in [-0.25, -0.2) is 0 Å². The molecule has 102 valence electrons. The van der Waals surface area contributed by atoms with Gasteiger partial charge < -0.3 is 10.1 Å². The molecule has 0 radical (unpaired) electrons. The Balaban J connectivity index is 2.23. The first-order valence-corrected chi connectivity index (χ1v) is 6.33. The van der Waals surface area contributed by atoms with Crippen molar-refractivity contribution in [3.8, 4) is 5.75 Å². The van der Waals surface area contributed by atoms with E-state index in [1.54, 1.807) is 14.2 Å². The molecule has 0 aliphatic heterocycles. The second kappa shape index (κ2) is 6.29. The molecule has 0 amide bonds. The second-order valence-electron chi connectivity index (χ2n) is 4.25. The monoisotopic (exact) mass is 261 g/mol. The lowest BCUT2D eigenvalue weighted by Crippen LogP contribution is -2.24. The molecular formula is C13H19N5O. The number of tetrazole rings is 1. The van der Waals surface area contributed by atoms with E-state index in [4.69, 9.17) is 4.74 Å². The maximum atomic E-state index is 5.41. The van der Waals surface area contributed by atoms with Crippen LogP contribution >= 0.6 is 0 Å². The SMILES string of the molecule is CCNC(Cc1nnn(C)n1)c1ccccc1OC. The fourth-order valence-corrected chi connectivity index (χ4v) is 2.08. The maximum absolute atomic E-state index is 5.41. The maximum Gasteiger partial charge on any atom is 0.176 e. The highest BCUT2D eigenvalue weighted by molar-refractivity contribution is 5.36. The van der Waals surface area contributed by atoms with Crippen molar-refractivity contribution >= 4 is 0 Å². The van der Waals surface area contributed by atoms with E-state index in [-0.39, 0.29) is 6.04 Å². The van der Waals surface area contributed by atoms with Crippen LogP contribution in [0.2, 0.25) is 0 Å². The summed E-state index contributed by atoms with van der Waals surface area (Å²) < 4.78 is 5.41. The van der Waals surface area contributed by atoms with Crippen molar-refractivity contribution in [2.75, 3.05) is 13.7 Å². The highest BCUT2D eigenvalue weighted by Gasteiger charge is 2.17. The number of aromatic nitrogens is 4. The zero-order chi connectivity index (χ0) is 13.7. The minimum Gasteiger partial charge on any atom is -0.496 e. The largest absolute Gasteiger partial charge is 0.496 e. The predicted molar refractivity (Wildman–Crippen MR) is 71.9 cm³/mol. The van der Waals surface area contributed by atoms with E-state index in [1.165, 1.54) is 4.80 Å². The molecule has 1 aromatic carbocycles. The number of benzene rings is 1. The Morgan fingerprint density at radius 1 is 1.37 bits per heavy atom. The number of likely N-dealkylation sites (N-methyl/N-ethyl adjacent to an activating group) is 1. The molecule has 1 aromatic heterocycles. The van der Waals surface area contributed by atoms with E-state index < -0.39 is 0 Å². The van der Waals surface area contributed by atoms with Crippen molar-refractivity contribution in [3.63, 3.8) is 0 Å². The summed E-state index contributed by atoms with van der Waals surface area (Å²) in [6, 6.07) is 8.11. The quantitative estimate of drug-likeness (QED) is 0.844. The van der Waals surface area contributed by atoms with Crippen molar-refractivity contribution < 1.29 is 4.74 Å². The molecule has 1 heterocycles. The van der Waals surface area contributed by atoms with E-state index in [1.807, 2.05) is 18.2 Å². The van der Waals surface area contributed by atoms with E-state index in [9.17, 15) is 0 Å². The van der Waals surface area contributed by atoms with Crippen LogP contribution in [-0.2, 0) is 13.5 Å². The van der Waals surface area contributed by atoms with Crippen LogP contribution in [-0.4, -0.2) is 33.9 Å². The van der Waals surface area contributed by atoms with Crippen LogP contribution in [0.1, 0.15) is 24.4 Å². The molecule has 1 unspecified atom stereocenters. The Morgan fingerprint density at radius 2 is 2.16 bits per heavy atom. The van der Waals surface area contributed by atoms with Crippen molar-refractivity contribution in [1.29, 1.82) is 0 Å². The summed E-state index contributed by atoms with van der Waals surface area (Å²) in [5.41, 5.74) is 1.11. The van der Waals surface area contributed by atoms with Gasteiger partial charge in [0.15, 0.2) is 5.82 Å². The topological polar surface area (TPSA) is 64.9 Å². The number of hydrogen-bond donors (Lipinski definition) is 1. The third-order valence-corrected chi connectivity index (χ3v) is 2.90. The van der Waals surface area contributed by atoms with Crippen molar-refractivity contribution in [2.24, 2.45) is 7.05 Å². The van der Waals surface area contributed by atoms with Gasteiger partial charge in [0.2, 0.25) is 0 Å². The minimum atomic E-state index is 0.116. The first-order chi connectivity index (χ1) is 9.24. The molecule has 1 atom stereocenters. The number of nitrogens with one attached hydrogen (secondary N) is 1. The van der Waals surface area contributed by atoms with Crippen LogP contribution in [0.5, 0.6) is 5.75 Å². The minimum absolute atomic E-state index is 0.116. The lowest BCUT2D eigenvalue weighted by molar-refractivity contribution is 0.398. The van der Waals surface area contributed by atoms with E-state index in [0.717, 1.165) is 23.7 Å². The van der Waals surface area contributed by atoms with Gasteiger partial charge in [-0.1, -0.05) is 25.1 Å². The molecule has 0 aliphatic carbocycles. The Hall–Kier alpha value is -1.95. The van der Waals surface area contributed by atoms with Crippen molar-refractivity contribution in [2.45, 2.75) is 19.4 Å². The summed E-state index contributed by atoms with van der Waals surface area (Å²) in [5, 5.41) is 15.6. The van der Waals surface area contributed by atoms with Crippen LogP contribution in [0.15, 0.2) is 24.3 Å². The number of nitrogens with zero attached hydrogens (tertiary/aromatic N) is 4. The van der Waals surface area contributed by atoms with Gasteiger partial charge in [0.1, 0.15) is 5.75 Å². The van der Waals surface area contributed by atoms with Gasteiger partial charge in [-0.15, -0.1) is 10.2 Å². The second-order valence-corrected chi connectivity index (χ2v) is 4.25. The third kappa shape index (κ3) is 3.29. The molecule has 0 saturated carbocycles. The van der Waals surface area contributed by atoms with Gasteiger partial charge in [0, 0.05) is 18.0 Å². The van der Waals surface area contributed by atoms with E-state index in [2.05, 4.69) is 33.7 Å². The fraction of sp³-hybridized carbons (Fsp3) is 0.462. The van der Waals surface area contributed by atoms with Gasteiger partial charge in [0.25, 0.3) is 0 Å². The Labute approximate surface area is 112 Å². The van der Waals surface area contributed by atoms with Crippen molar-refractivity contribution in [3.05, 3.63) is 35.7 Å². The first kappa shape index (κ1) is 13.5. The third-order valence-electron chi connectivity index (χ3n) is 2.90. The average Bonchev–Trinajstić information content (AvgIpc) is 2.84. The first-order valence-electron chi connectivity index (χ1n) is 6.33. The lowest BCUT2D eigenvalue weighted by Gasteiger charge is -2.19. The summed E-state index contributed by atoms with van der Waals surface area (Å²) in [6.45, 7) is 2.94. The number of aryl methyl sites for hydroxylation is 1. The van der Waals surface area contributed by atoms with Gasteiger partial charge in [0.05, 0.1) is 14.2 Å². The van der Waals surface area contributed by atoms with Crippen LogP contribution in [0, 0.1) is 0 Å². The van der Waals surface area contributed by atoms with E-state index >= 15 is 0 Å². The standard InChI is InChI=1S/C13H19N5O/c1-4-14-11(9-13-15-17-18(2)16-13)10-7-5-6-8-12(10)19-3/h5-8,11,14H,4,9H2,1-3H3. The molecule has 6 nitrogen and oxygen atoms in total. The van der Waals surface area contributed by atoms with Gasteiger partial charge >= 0.3 is 0 Å². The molecule has 2 rings (SSSR count). The number of ether oxygens (including phenoxy) is 1. The molecule has 19 heavy (non-hydrogen) atoms. The van der Waals surface area contributed by atoms with Crippen LogP contribution in [0.25, 0.3) is 0 Å². The van der Waals surface area contributed by atoms with Gasteiger partial charge in [-0.3, -0.25) is 0 Å². The highest BCUT2D eigenvalue weighted by Crippen LogP contribution is 2.26. The zero-order valence-corrected chi connectivity index (χ0v) is 11.5. The van der Waals surface area contributed by atoms with Crippen LogP contribution in [0.4, 0.5) is 0 Å². The molecular weight excluding hydrogens is 242 g/mol. The summed E-state index contributed by atoms with van der Waals surface area (Å²) in [7, 11) is 3.45. The Kier molecular flexibility index (Phi) is 4.46. The number of para-hydroxylation sites is 1. The lowest BCUT2D eigenvalue weighted by atomic mass is 10.0. The molecule has 1 N–H and O–H groups in total. The van der Waals surface area contributed by atoms with Gasteiger partial charge in [-0.2, -0.15) is 4.80 Å². The molecule has 0 bridgehead atoms. The van der Waals surface area contributed by atoms with E-state index in [0.29, 0.717) is 6.42 Å². The number of methoxy groups -OCH3 is 1. The van der Waals surface area contributed by atoms with Crippen LogP contribution in [0.3, 0.4) is 0 Å². The summed E-state index contributed by atoms with van der Waals surface area (Å²) in [4.78, 5) is 1.47. The highest BCUT2D eigenvalue weighted by atomic mass is 16.5. The normalized spacial score (nSPS) is 12.4. The molecule has 2 aromatic rings. The molecule has 0 aliphatic rings. The van der Waals surface area contributed by atoms with Crippen LogP contribution < -0.4 is 10.1 Å².